The van der Waals surface area contributed by atoms with Gasteiger partial charge in [0.2, 0.25) is 0 Å². The fourth-order valence-electron chi connectivity index (χ4n) is 2.69. The van der Waals surface area contributed by atoms with Crippen LogP contribution in [-0.2, 0) is 15.6 Å². The molecule has 2 atom stereocenters. The molecule has 0 bridgehead atoms. The van der Waals surface area contributed by atoms with Crippen molar-refractivity contribution in [2.24, 2.45) is 4.99 Å². The maximum atomic E-state index is 11.6. The Hall–Kier alpha value is -1.21. The Morgan fingerprint density at radius 1 is 1.33 bits per heavy atom. The average molecular weight is 326 g/mol. The monoisotopic (exact) mass is 326 g/mol. The van der Waals surface area contributed by atoms with Crippen molar-refractivity contribution in [3.63, 3.8) is 0 Å². The molecule has 1 fully saturated rings. The normalized spacial score (nSPS) is 26.6. The van der Waals surface area contributed by atoms with Crippen LogP contribution in [0.15, 0.2) is 29.3 Å². The Kier molecular flexibility index (Phi) is 3.88. The number of ether oxygens (including phenoxy) is 1. The summed E-state index contributed by atoms with van der Waals surface area (Å²) in [4.78, 5) is 6.59. The molecule has 1 aromatic carbocycles. The SMILES string of the molecule is COc1ccc(CSC2=N[C@@H]3CS(=O)(=O)C[C@@H]3N2C)cc1. The molecule has 1 aromatic rings. The van der Waals surface area contributed by atoms with Gasteiger partial charge in [-0.2, -0.15) is 0 Å². The molecular formula is C14H18N2O3S2. The minimum absolute atomic E-state index is 0.0216. The van der Waals surface area contributed by atoms with E-state index in [9.17, 15) is 8.42 Å². The third kappa shape index (κ3) is 3.03. The quantitative estimate of drug-likeness (QED) is 0.840. The number of amidine groups is 1. The van der Waals surface area contributed by atoms with Crippen molar-refractivity contribution in [2.75, 3.05) is 25.7 Å². The zero-order valence-corrected chi connectivity index (χ0v) is 13.7. The van der Waals surface area contributed by atoms with Gasteiger partial charge in [-0.25, -0.2) is 8.42 Å². The van der Waals surface area contributed by atoms with Crippen molar-refractivity contribution in [3.05, 3.63) is 29.8 Å². The van der Waals surface area contributed by atoms with E-state index in [2.05, 4.69) is 4.99 Å². The van der Waals surface area contributed by atoms with Crippen molar-refractivity contribution in [2.45, 2.75) is 17.8 Å². The molecule has 0 radical (unpaired) electrons. The molecule has 0 amide bonds. The van der Waals surface area contributed by atoms with Crippen molar-refractivity contribution >= 4 is 26.8 Å². The molecule has 21 heavy (non-hydrogen) atoms. The number of rotatable bonds is 3. The van der Waals surface area contributed by atoms with E-state index < -0.39 is 9.84 Å². The van der Waals surface area contributed by atoms with E-state index in [-0.39, 0.29) is 23.6 Å². The van der Waals surface area contributed by atoms with E-state index in [4.69, 9.17) is 4.74 Å². The molecule has 0 N–H and O–H groups in total. The van der Waals surface area contributed by atoms with Crippen LogP contribution >= 0.6 is 11.8 Å². The summed E-state index contributed by atoms with van der Waals surface area (Å²) in [6.45, 7) is 0. The maximum absolute atomic E-state index is 11.6. The highest BCUT2D eigenvalue weighted by atomic mass is 32.2. The summed E-state index contributed by atoms with van der Waals surface area (Å²) in [6, 6.07) is 7.89. The van der Waals surface area contributed by atoms with E-state index in [1.807, 2.05) is 36.2 Å². The Morgan fingerprint density at radius 2 is 2.05 bits per heavy atom. The molecule has 0 aliphatic carbocycles. The summed E-state index contributed by atoms with van der Waals surface area (Å²) in [5.41, 5.74) is 1.20. The molecule has 7 heteroatoms. The lowest BCUT2D eigenvalue weighted by Gasteiger charge is -2.20. The summed E-state index contributed by atoms with van der Waals surface area (Å²) in [6.07, 6.45) is 0. The summed E-state index contributed by atoms with van der Waals surface area (Å²) in [5, 5.41) is 0.940. The third-order valence-corrected chi connectivity index (χ3v) is 6.72. The molecule has 114 valence electrons. The fraction of sp³-hybridized carbons (Fsp3) is 0.500. The van der Waals surface area contributed by atoms with E-state index >= 15 is 0 Å². The molecule has 5 nitrogen and oxygen atoms in total. The fourth-order valence-corrected chi connectivity index (χ4v) is 5.64. The Balaban J connectivity index is 1.63. The predicted molar refractivity (Wildman–Crippen MR) is 85.7 cm³/mol. The zero-order chi connectivity index (χ0) is 15.0. The highest BCUT2D eigenvalue weighted by molar-refractivity contribution is 8.13. The first kappa shape index (κ1) is 14.7. The highest BCUT2D eigenvalue weighted by Gasteiger charge is 2.44. The van der Waals surface area contributed by atoms with Crippen LogP contribution in [0.25, 0.3) is 0 Å². The van der Waals surface area contributed by atoms with Gasteiger partial charge in [-0.15, -0.1) is 0 Å². The first-order chi connectivity index (χ1) is 9.98. The second-order valence-corrected chi connectivity index (χ2v) is 8.47. The largest absolute Gasteiger partial charge is 0.497 e. The second kappa shape index (κ2) is 5.53. The first-order valence-electron chi connectivity index (χ1n) is 6.75. The summed E-state index contributed by atoms with van der Waals surface area (Å²) >= 11 is 1.66. The number of benzene rings is 1. The van der Waals surface area contributed by atoms with E-state index in [1.165, 1.54) is 5.56 Å². The smallest absolute Gasteiger partial charge is 0.159 e. The van der Waals surface area contributed by atoms with Crippen LogP contribution in [0.1, 0.15) is 5.56 Å². The molecule has 2 aliphatic rings. The molecule has 0 unspecified atom stereocenters. The van der Waals surface area contributed by atoms with Crippen molar-refractivity contribution in [1.29, 1.82) is 0 Å². The van der Waals surface area contributed by atoms with Gasteiger partial charge in [0.05, 0.1) is 30.7 Å². The number of nitrogens with zero attached hydrogens (tertiary/aromatic N) is 2. The van der Waals surface area contributed by atoms with E-state index in [0.29, 0.717) is 0 Å². The van der Waals surface area contributed by atoms with Crippen LogP contribution in [0, 0.1) is 0 Å². The lowest BCUT2D eigenvalue weighted by molar-refractivity contribution is 0.410. The molecule has 3 rings (SSSR count). The molecule has 0 aromatic heterocycles. The number of likely N-dealkylation sites (N-methyl/N-ethyl adjacent to an activating group) is 1. The number of sulfone groups is 1. The molecule has 2 heterocycles. The van der Waals surface area contributed by atoms with Crippen LogP contribution in [0.3, 0.4) is 0 Å². The van der Waals surface area contributed by atoms with E-state index in [0.717, 1.165) is 16.7 Å². The van der Waals surface area contributed by atoms with Crippen LogP contribution < -0.4 is 4.74 Å². The number of methoxy groups -OCH3 is 1. The summed E-state index contributed by atoms with van der Waals surface area (Å²) in [5.74, 6) is 2.08. The van der Waals surface area contributed by atoms with Gasteiger partial charge in [0.15, 0.2) is 15.0 Å². The predicted octanol–water partition coefficient (Wildman–Crippen LogP) is 1.40. The Labute approximate surface area is 129 Å². The number of thioether (sulfide) groups is 1. The summed E-state index contributed by atoms with van der Waals surface area (Å²) in [7, 11) is 0.679. The number of hydrogen-bond donors (Lipinski definition) is 0. The standard InChI is InChI=1S/C14H18N2O3S2/c1-16-13-9-21(17,18)8-12(13)15-14(16)20-7-10-3-5-11(19-2)6-4-10/h3-6,12-13H,7-9H2,1-2H3/t12-,13+/m1/s1. The third-order valence-electron chi connectivity index (χ3n) is 3.90. The van der Waals surface area contributed by atoms with Crippen molar-refractivity contribution < 1.29 is 13.2 Å². The highest BCUT2D eigenvalue weighted by Crippen LogP contribution is 2.31. The first-order valence-corrected chi connectivity index (χ1v) is 9.56. The maximum Gasteiger partial charge on any atom is 0.159 e. The van der Waals surface area contributed by atoms with Crippen LogP contribution in [0.2, 0.25) is 0 Å². The van der Waals surface area contributed by atoms with Gasteiger partial charge in [0, 0.05) is 12.8 Å². The van der Waals surface area contributed by atoms with Gasteiger partial charge in [-0.3, -0.25) is 4.99 Å². The molecular weight excluding hydrogens is 308 g/mol. The second-order valence-electron chi connectivity index (χ2n) is 5.37. The van der Waals surface area contributed by atoms with Crippen molar-refractivity contribution in [1.82, 2.24) is 4.90 Å². The summed E-state index contributed by atoms with van der Waals surface area (Å²) < 4.78 is 28.4. The Bertz CT molecular complexity index is 655. The lowest BCUT2D eigenvalue weighted by atomic mass is 10.2. The number of hydrogen-bond acceptors (Lipinski definition) is 6. The lowest BCUT2D eigenvalue weighted by Crippen LogP contribution is -2.35. The minimum atomic E-state index is -2.91. The minimum Gasteiger partial charge on any atom is -0.497 e. The van der Waals surface area contributed by atoms with Crippen molar-refractivity contribution in [3.8, 4) is 5.75 Å². The molecule has 0 saturated carbocycles. The van der Waals surface area contributed by atoms with Gasteiger partial charge < -0.3 is 9.64 Å². The molecule has 1 saturated heterocycles. The van der Waals surface area contributed by atoms with E-state index in [1.54, 1.807) is 18.9 Å². The number of aliphatic imine (C=N–C) groups is 1. The van der Waals surface area contributed by atoms with Gasteiger partial charge in [-0.05, 0) is 17.7 Å². The van der Waals surface area contributed by atoms with Gasteiger partial charge in [0.1, 0.15) is 5.75 Å². The molecule has 2 aliphatic heterocycles. The average Bonchev–Trinajstić information content (AvgIpc) is 2.91. The van der Waals surface area contributed by atoms with Gasteiger partial charge in [0.25, 0.3) is 0 Å². The topological polar surface area (TPSA) is 59.0 Å². The van der Waals surface area contributed by atoms with Gasteiger partial charge >= 0.3 is 0 Å². The van der Waals surface area contributed by atoms with Crippen LogP contribution in [0.5, 0.6) is 5.75 Å². The van der Waals surface area contributed by atoms with Gasteiger partial charge in [-0.1, -0.05) is 23.9 Å². The number of fused-ring (bicyclic) bond motifs is 1. The molecule has 0 spiro atoms. The van der Waals surface area contributed by atoms with Crippen LogP contribution in [-0.4, -0.2) is 56.2 Å². The Morgan fingerprint density at radius 3 is 2.67 bits per heavy atom. The van der Waals surface area contributed by atoms with Crippen LogP contribution in [0.4, 0.5) is 0 Å². The zero-order valence-electron chi connectivity index (χ0n) is 12.0.